The van der Waals surface area contributed by atoms with E-state index in [-0.39, 0.29) is 0 Å². The second-order valence-corrected chi connectivity index (χ2v) is 16.3. The van der Waals surface area contributed by atoms with Crippen LogP contribution in [0.1, 0.15) is 50.1 Å². The van der Waals surface area contributed by atoms with Crippen LogP contribution in [-0.4, -0.2) is 0 Å². The van der Waals surface area contributed by atoms with Crippen LogP contribution in [0.3, 0.4) is 0 Å². The van der Waals surface area contributed by atoms with Crippen molar-refractivity contribution >= 4 is 22.1 Å². The normalized spacial score (nSPS) is 15.7. The molecule has 0 saturated carbocycles. The van der Waals surface area contributed by atoms with Gasteiger partial charge in [0.15, 0.2) is 0 Å². The van der Waals surface area contributed by atoms with Gasteiger partial charge in [0.25, 0.3) is 0 Å². The third kappa shape index (κ3) is 4.13. The van der Waals surface area contributed by atoms with E-state index in [4.69, 9.17) is 0 Å². The van der Waals surface area contributed by atoms with E-state index in [1.165, 1.54) is 117 Å². The Labute approximate surface area is 333 Å². The Morgan fingerprint density at radius 1 is 0.404 bits per heavy atom. The maximum Gasteiger partial charge on any atom is 0.0734 e. The third-order valence-electron chi connectivity index (χ3n) is 13.6. The van der Waals surface area contributed by atoms with Crippen molar-refractivity contribution in [2.75, 3.05) is 4.90 Å². The molecule has 1 spiro atoms. The molecule has 266 valence electrons. The van der Waals surface area contributed by atoms with Gasteiger partial charge in [-0.1, -0.05) is 170 Å². The zero-order valence-corrected chi connectivity index (χ0v) is 31.5. The second kappa shape index (κ2) is 11.5. The molecule has 0 aromatic heterocycles. The van der Waals surface area contributed by atoms with Gasteiger partial charge in [0, 0.05) is 24.3 Å². The molecular formula is C56H37N. The highest BCUT2D eigenvalue weighted by molar-refractivity contribution is 6.04. The number of rotatable bonds is 4. The molecule has 0 saturated heterocycles. The average molecular weight is 724 g/mol. The minimum Gasteiger partial charge on any atom is -0.337 e. The van der Waals surface area contributed by atoms with Crippen LogP contribution in [0.5, 0.6) is 0 Å². The summed E-state index contributed by atoms with van der Waals surface area (Å²) in [6.45, 7) is 0.736. The number of fused-ring (bicyclic) bond motifs is 18. The van der Waals surface area contributed by atoms with Gasteiger partial charge in [0.2, 0.25) is 0 Å². The topological polar surface area (TPSA) is 3.24 Å². The Bertz CT molecular complexity index is 3170. The van der Waals surface area contributed by atoms with Crippen LogP contribution in [0.2, 0.25) is 0 Å². The fraction of sp³-hybridized carbons (Fsp3) is 0.0714. The molecule has 1 unspecified atom stereocenters. The molecule has 0 N–H and O–H groups in total. The van der Waals surface area contributed by atoms with E-state index in [9.17, 15) is 0 Å². The first kappa shape index (κ1) is 31.3. The molecule has 0 amide bonds. The molecule has 1 heteroatoms. The van der Waals surface area contributed by atoms with Crippen LogP contribution in [0.4, 0.5) is 11.4 Å². The van der Waals surface area contributed by atoms with E-state index in [2.05, 4.69) is 193 Å². The molecule has 1 nitrogen and oxygen atoms in total. The predicted octanol–water partition coefficient (Wildman–Crippen LogP) is 13.7. The van der Waals surface area contributed by atoms with Gasteiger partial charge in [-0.15, -0.1) is 0 Å². The van der Waals surface area contributed by atoms with Gasteiger partial charge in [-0.2, -0.15) is 0 Å². The monoisotopic (exact) mass is 723 g/mol. The molecule has 9 aromatic rings. The van der Waals surface area contributed by atoms with Gasteiger partial charge < -0.3 is 4.90 Å². The van der Waals surface area contributed by atoms with E-state index in [0.29, 0.717) is 0 Å². The number of hydrogen-bond donors (Lipinski definition) is 0. The quantitative estimate of drug-likeness (QED) is 0.175. The standard InChI is InChI=1S/C56H37N/c1-6-19-44-35(13-1)27-29-49-47-21-8-10-25-52(47)56(55(44)49)51-24-9-7-20-46(51)48-23-11-16-38(54(48)56)34-57(40-28-30-43-39(32-40)31-36-14-2-4-17-41(36)43)53-26-12-22-45-42-18-5-3-15-37(42)33-50(45)53/h1-30,32H,31,33-34H2. The number of hydrogen-bond acceptors (Lipinski definition) is 1. The lowest BCUT2D eigenvalue weighted by atomic mass is 9.68. The van der Waals surface area contributed by atoms with Crippen molar-refractivity contribution in [3.63, 3.8) is 0 Å². The Kier molecular flexibility index (Phi) is 6.33. The molecule has 0 heterocycles. The van der Waals surface area contributed by atoms with Gasteiger partial charge in [0.05, 0.1) is 5.41 Å². The van der Waals surface area contributed by atoms with Crippen molar-refractivity contribution in [1.82, 2.24) is 0 Å². The first-order chi connectivity index (χ1) is 28.3. The van der Waals surface area contributed by atoms with E-state index in [1.807, 2.05) is 0 Å². The number of anilines is 2. The average Bonchev–Trinajstić information content (AvgIpc) is 4.01. The summed E-state index contributed by atoms with van der Waals surface area (Å²) >= 11 is 0. The molecule has 9 aromatic carbocycles. The predicted molar refractivity (Wildman–Crippen MR) is 235 cm³/mol. The highest BCUT2D eigenvalue weighted by atomic mass is 15.1. The maximum atomic E-state index is 2.64. The lowest BCUT2D eigenvalue weighted by Gasteiger charge is -2.35. The van der Waals surface area contributed by atoms with Crippen LogP contribution in [0, 0.1) is 0 Å². The molecular weight excluding hydrogens is 687 g/mol. The zero-order valence-electron chi connectivity index (χ0n) is 31.5. The van der Waals surface area contributed by atoms with Crippen molar-refractivity contribution in [3.8, 4) is 44.5 Å². The molecule has 0 fully saturated rings. The lowest BCUT2D eigenvalue weighted by Crippen LogP contribution is -2.29. The van der Waals surface area contributed by atoms with Gasteiger partial charge in [-0.05, 0) is 130 Å². The molecule has 0 bridgehead atoms. The van der Waals surface area contributed by atoms with Crippen LogP contribution in [0.25, 0.3) is 55.3 Å². The summed E-state index contributed by atoms with van der Waals surface area (Å²) in [6.07, 6.45) is 1.90. The Morgan fingerprint density at radius 3 is 1.79 bits per heavy atom. The summed E-state index contributed by atoms with van der Waals surface area (Å²) in [5.41, 5.74) is 25.5. The van der Waals surface area contributed by atoms with Gasteiger partial charge in [0.1, 0.15) is 0 Å². The number of nitrogens with zero attached hydrogens (tertiary/aromatic N) is 1. The SMILES string of the molecule is c1ccc2c(c1)Cc1cc(N(Cc3cccc4c3C3(c5ccccc5-4)c4ccccc4-c4ccc5ccccc5c43)c3cccc4c3Cc3ccccc3-4)ccc1-2. The number of benzene rings is 9. The molecule has 57 heavy (non-hydrogen) atoms. The lowest BCUT2D eigenvalue weighted by molar-refractivity contribution is 0.779. The Hall–Kier alpha value is -6.96. The zero-order chi connectivity index (χ0) is 37.2. The molecule has 13 rings (SSSR count). The maximum absolute atomic E-state index is 2.64. The first-order valence-corrected chi connectivity index (χ1v) is 20.3. The fourth-order valence-electron chi connectivity index (χ4n) is 11.4. The fourth-order valence-corrected chi connectivity index (χ4v) is 11.4. The molecule has 0 radical (unpaired) electrons. The van der Waals surface area contributed by atoms with Gasteiger partial charge >= 0.3 is 0 Å². The largest absolute Gasteiger partial charge is 0.337 e. The summed E-state index contributed by atoms with van der Waals surface area (Å²) in [6, 6.07) is 71.4. The molecule has 4 aliphatic carbocycles. The van der Waals surface area contributed by atoms with Crippen molar-refractivity contribution in [2.45, 2.75) is 24.8 Å². The summed E-state index contributed by atoms with van der Waals surface area (Å²) in [5.74, 6) is 0. The van der Waals surface area contributed by atoms with Gasteiger partial charge in [-0.3, -0.25) is 0 Å². The van der Waals surface area contributed by atoms with Crippen molar-refractivity contribution < 1.29 is 0 Å². The van der Waals surface area contributed by atoms with Crippen LogP contribution < -0.4 is 4.90 Å². The van der Waals surface area contributed by atoms with E-state index < -0.39 is 5.41 Å². The summed E-state index contributed by atoms with van der Waals surface area (Å²) in [5, 5.41) is 2.62. The second-order valence-electron chi connectivity index (χ2n) is 16.3. The summed E-state index contributed by atoms with van der Waals surface area (Å²) < 4.78 is 0. The third-order valence-corrected chi connectivity index (χ3v) is 13.6. The Balaban J connectivity index is 1.08. The van der Waals surface area contributed by atoms with Crippen molar-refractivity contribution in [2.24, 2.45) is 0 Å². The summed E-state index contributed by atoms with van der Waals surface area (Å²) in [4.78, 5) is 2.64. The smallest absolute Gasteiger partial charge is 0.0734 e. The molecule has 1 atom stereocenters. The summed E-state index contributed by atoms with van der Waals surface area (Å²) in [7, 11) is 0. The highest BCUT2D eigenvalue weighted by Crippen LogP contribution is 2.65. The van der Waals surface area contributed by atoms with E-state index in [0.717, 1.165) is 19.4 Å². The minimum atomic E-state index is -0.463. The molecule has 4 aliphatic rings. The molecule has 0 aliphatic heterocycles. The van der Waals surface area contributed by atoms with Gasteiger partial charge in [-0.25, -0.2) is 0 Å². The van der Waals surface area contributed by atoms with E-state index >= 15 is 0 Å². The van der Waals surface area contributed by atoms with Crippen molar-refractivity contribution in [3.05, 3.63) is 238 Å². The highest BCUT2D eigenvalue weighted by Gasteiger charge is 2.53. The van der Waals surface area contributed by atoms with Crippen LogP contribution >= 0.6 is 0 Å². The minimum absolute atomic E-state index is 0.463. The van der Waals surface area contributed by atoms with E-state index in [1.54, 1.807) is 0 Å². The Morgan fingerprint density at radius 2 is 0.982 bits per heavy atom. The van der Waals surface area contributed by atoms with Crippen molar-refractivity contribution in [1.29, 1.82) is 0 Å². The first-order valence-electron chi connectivity index (χ1n) is 20.3. The van der Waals surface area contributed by atoms with Crippen LogP contribution in [0.15, 0.2) is 188 Å². The van der Waals surface area contributed by atoms with Crippen LogP contribution in [-0.2, 0) is 24.8 Å².